The quantitative estimate of drug-likeness (QED) is 0.751. The van der Waals surface area contributed by atoms with Crippen LogP contribution in [0.15, 0.2) is 30.3 Å². The molecule has 1 unspecified atom stereocenters. The van der Waals surface area contributed by atoms with Gasteiger partial charge in [-0.05, 0) is 11.0 Å². The van der Waals surface area contributed by atoms with E-state index in [1.807, 2.05) is 51.1 Å². The minimum Gasteiger partial charge on any atom is -0.278 e. The summed E-state index contributed by atoms with van der Waals surface area (Å²) in [7, 11) is 0. The number of amides is 2. The number of hydrogen-bond acceptors (Lipinski definition) is 2. The molecule has 1 aromatic carbocycles. The molecule has 18 heavy (non-hydrogen) atoms. The van der Waals surface area contributed by atoms with Gasteiger partial charge in [0.15, 0.2) is 0 Å². The monoisotopic (exact) mass is 245 g/mol. The number of carbonyl (C=O) groups is 2. The lowest BCUT2D eigenvalue weighted by molar-refractivity contribution is -0.141. The highest BCUT2D eigenvalue weighted by Gasteiger charge is 2.44. The van der Waals surface area contributed by atoms with Gasteiger partial charge in [-0.1, -0.05) is 51.1 Å². The number of benzene rings is 1. The zero-order chi connectivity index (χ0) is 13.3. The topological polar surface area (TPSA) is 37.4 Å². The van der Waals surface area contributed by atoms with Crippen LogP contribution in [0, 0.1) is 11.3 Å². The van der Waals surface area contributed by atoms with Crippen LogP contribution in [-0.2, 0) is 16.1 Å². The van der Waals surface area contributed by atoms with Crippen molar-refractivity contribution in [3.05, 3.63) is 35.9 Å². The Hall–Kier alpha value is -1.64. The van der Waals surface area contributed by atoms with Crippen molar-refractivity contribution in [3.8, 4) is 0 Å². The molecule has 2 rings (SSSR count). The summed E-state index contributed by atoms with van der Waals surface area (Å²) in [4.78, 5) is 25.6. The Labute approximate surface area is 108 Å². The van der Waals surface area contributed by atoms with E-state index in [9.17, 15) is 9.59 Å². The molecule has 1 atom stereocenters. The standard InChI is InChI=1S/C15H19NO2/c1-15(2,3)12-9-13(17)16(14(12)18)10-11-7-5-4-6-8-11/h4-8,12H,9-10H2,1-3H3. The molecule has 1 saturated heterocycles. The van der Waals surface area contributed by atoms with Gasteiger partial charge in [0.05, 0.1) is 12.5 Å². The van der Waals surface area contributed by atoms with E-state index < -0.39 is 0 Å². The van der Waals surface area contributed by atoms with E-state index >= 15 is 0 Å². The van der Waals surface area contributed by atoms with E-state index in [0.717, 1.165) is 5.56 Å². The lowest BCUT2D eigenvalue weighted by Gasteiger charge is -2.24. The molecule has 3 heteroatoms. The molecule has 0 N–H and O–H groups in total. The molecule has 1 fully saturated rings. The first kappa shape index (κ1) is 12.8. The van der Waals surface area contributed by atoms with Gasteiger partial charge >= 0.3 is 0 Å². The molecular weight excluding hydrogens is 226 g/mol. The Morgan fingerprint density at radius 1 is 1.17 bits per heavy atom. The van der Waals surface area contributed by atoms with Gasteiger partial charge in [-0.3, -0.25) is 14.5 Å². The van der Waals surface area contributed by atoms with Crippen molar-refractivity contribution >= 4 is 11.8 Å². The average Bonchev–Trinajstić information content (AvgIpc) is 2.58. The van der Waals surface area contributed by atoms with E-state index in [4.69, 9.17) is 0 Å². The summed E-state index contributed by atoms with van der Waals surface area (Å²) in [6.45, 7) is 6.42. The van der Waals surface area contributed by atoms with E-state index in [2.05, 4.69) is 0 Å². The van der Waals surface area contributed by atoms with Gasteiger partial charge in [0, 0.05) is 6.42 Å². The van der Waals surface area contributed by atoms with E-state index in [-0.39, 0.29) is 23.1 Å². The molecule has 1 heterocycles. The van der Waals surface area contributed by atoms with Gasteiger partial charge < -0.3 is 0 Å². The predicted molar refractivity (Wildman–Crippen MR) is 69.6 cm³/mol. The Morgan fingerprint density at radius 3 is 2.28 bits per heavy atom. The van der Waals surface area contributed by atoms with Crippen LogP contribution in [0.2, 0.25) is 0 Å². The number of imide groups is 1. The third-order valence-electron chi connectivity index (χ3n) is 3.47. The van der Waals surface area contributed by atoms with Crippen LogP contribution in [0.3, 0.4) is 0 Å². The fraction of sp³-hybridized carbons (Fsp3) is 0.467. The third kappa shape index (κ3) is 2.45. The minimum absolute atomic E-state index is 0.0312. The fourth-order valence-electron chi connectivity index (χ4n) is 2.29. The molecule has 0 aliphatic carbocycles. The molecule has 0 aromatic heterocycles. The maximum atomic E-state index is 12.3. The van der Waals surface area contributed by atoms with Gasteiger partial charge in [0.2, 0.25) is 11.8 Å². The second-order valence-electron chi connectivity index (χ2n) is 5.93. The van der Waals surface area contributed by atoms with Crippen molar-refractivity contribution in [1.82, 2.24) is 4.90 Å². The number of rotatable bonds is 2. The Bertz CT molecular complexity index is 459. The molecule has 3 nitrogen and oxygen atoms in total. The van der Waals surface area contributed by atoms with Crippen molar-refractivity contribution in [2.45, 2.75) is 33.7 Å². The largest absolute Gasteiger partial charge is 0.278 e. The molecule has 96 valence electrons. The molecule has 2 amide bonds. The smallest absolute Gasteiger partial charge is 0.233 e. The summed E-state index contributed by atoms with van der Waals surface area (Å²) < 4.78 is 0. The van der Waals surface area contributed by atoms with Crippen LogP contribution >= 0.6 is 0 Å². The first-order valence-corrected chi connectivity index (χ1v) is 6.28. The Kier molecular flexibility index (Phi) is 3.24. The van der Waals surface area contributed by atoms with E-state index in [1.165, 1.54) is 4.90 Å². The van der Waals surface area contributed by atoms with Crippen LogP contribution in [-0.4, -0.2) is 16.7 Å². The summed E-state index contributed by atoms with van der Waals surface area (Å²) in [6.07, 6.45) is 0.342. The molecule has 1 aliphatic rings. The first-order valence-electron chi connectivity index (χ1n) is 6.28. The molecule has 0 saturated carbocycles. The van der Waals surface area contributed by atoms with Crippen molar-refractivity contribution in [2.75, 3.05) is 0 Å². The summed E-state index contributed by atoms with van der Waals surface area (Å²) in [6, 6.07) is 9.63. The number of carbonyl (C=O) groups excluding carboxylic acids is 2. The van der Waals surface area contributed by atoms with Crippen molar-refractivity contribution < 1.29 is 9.59 Å². The highest BCUT2D eigenvalue weighted by atomic mass is 16.2. The third-order valence-corrected chi connectivity index (χ3v) is 3.47. The molecular formula is C15H19NO2. The highest BCUT2D eigenvalue weighted by molar-refractivity contribution is 6.03. The van der Waals surface area contributed by atoms with Crippen molar-refractivity contribution in [1.29, 1.82) is 0 Å². The van der Waals surface area contributed by atoms with Gasteiger partial charge in [0.1, 0.15) is 0 Å². The maximum absolute atomic E-state index is 12.3. The second kappa shape index (κ2) is 4.56. The lowest BCUT2D eigenvalue weighted by Crippen LogP contribution is -2.33. The summed E-state index contributed by atoms with van der Waals surface area (Å²) >= 11 is 0. The molecule has 0 radical (unpaired) electrons. The second-order valence-corrected chi connectivity index (χ2v) is 5.93. The summed E-state index contributed by atoms with van der Waals surface area (Å²) in [5.74, 6) is -0.270. The lowest BCUT2D eigenvalue weighted by atomic mass is 9.80. The Balaban J connectivity index is 2.16. The zero-order valence-electron chi connectivity index (χ0n) is 11.1. The maximum Gasteiger partial charge on any atom is 0.233 e. The van der Waals surface area contributed by atoms with E-state index in [0.29, 0.717) is 13.0 Å². The SMILES string of the molecule is CC(C)(C)C1CC(=O)N(Cc2ccccc2)C1=O. The van der Waals surface area contributed by atoms with Crippen LogP contribution in [0.1, 0.15) is 32.8 Å². The predicted octanol–water partition coefficient (Wildman–Crippen LogP) is 2.61. The molecule has 1 aromatic rings. The van der Waals surface area contributed by atoms with Gasteiger partial charge in [0.25, 0.3) is 0 Å². The van der Waals surface area contributed by atoms with Gasteiger partial charge in [-0.15, -0.1) is 0 Å². The molecule has 0 spiro atoms. The van der Waals surface area contributed by atoms with Crippen molar-refractivity contribution in [3.63, 3.8) is 0 Å². The first-order chi connectivity index (χ1) is 8.39. The van der Waals surface area contributed by atoms with Crippen LogP contribution in [0.4, 0.5) is 0 Å². The normalized spacial score (nSPS) is 20.6. The van der Waals surface area contributed by atoms with Crippen LogP contribution in [0.5, 0.6) is 0 Å². The molecule has 0 bridgehead atoms. The highest BCUT2D eigenvalue weighted by Crippen LogP contribution is 2.35. The van der Waals surface area contributed by atoms with Crippen LogP contribution in [0.25, 0.3) is 0 Å². The van der Waals surface area contributed by atoms with Gasteiger partial charge in [-0.2, -0.15) is 0 Å². The number of likely N-dealkylation sites (tertiary alicyclic amines) is 1. The molecule has 1 aliphatic heterocycles. The fourth-order valence-corrected chi connectivity index (χ4v) is 2.29. The summed E-state index contributed by atoms with van der Waals surface area (Å²) in [5.41, 5.74) is 0.840. The zero-order valence-corrected chi connectivity index (χ0v) is 11.1. The minimum atomic E-state index is -0.186. The van der Waals surface area contributed by atoms with Crippen LogP contribution < -0.4 is 0 Å². The Morgan fingerprint density at radius 2 is 1.78 bits per heavy atom. The average molecular weight is 245 g/mol. The van der Waals surface area contributed by atoms with Crippen molar-refractivity contribution in [2.24, 2.45) is 11.3 Å². The van der Waals surface area contributed by atoms with E-state index in [1.54, 1.807) is 0 Å². The summed E-state index contributed by atoms with van der Waals surface area (Å²) in [5, 5.41) is 0. The van der Waals surface area contributed by atoms with Gasteiger partial charge in [-0.25, -0.2) is 0 Å². The number of hydrogen-bond donors (Lipinski definition) is 0. The number of nitrogens with zero attached hydrogens (tertiary/aromatic N) is 1.